The number of methoxy groups -OCH3 is 2. The molecule has 0 aliphatic rings. The molecule has 0 radical (unpaired) electrons. The number of aliphatic hydroxyl groups excluding tert-OH is 1. The number of carbonyl (C=O) groups excluding carboxylic acids is 2. The van der Waals surface area contributed by atoms with E-state index in [2.05, 4.69) is 10.1 Å². The Labute approximate surface area is 122 Å². The van der Waals surface area contributed by atoms with Crippen LogP contribution in [0.2, 0.25) is 0 Å². The van der Waals surface area contributed by atoms with Crippen molar-refractivity contribution in [2.45, 2.75) is 13.0 Å². The van der Waals surface area contributed by atoms with E-state index in [1.54, 1.807) is 12.1 Å². The van der Waals surface area contributed by atoms with Crippen molar-refractivity contribution >= 4 is 11.9 Å². The van der Waals surface area contributed by atoms with Crippen molar-refractivity contribution in [1.82, 2.24) is 5.32 Å². The maximum atomic E-state index is 11.6. The van der Waals surface area contributed by atoms with Gasteiger partial charge in [-0.15, -0.1) is 0 Å². The quantitative estimate of drug-likeness (QED) is 0.690. The molecule has 1 amide bonds. The third-order valence-corrected chi connectivity index (χ3v) is 2.64. The summed E-state index contributed by atoms with van der Waals surface area (Å²) in [7, 11) is 2.66. The van der Waals surface area contributed by atoms with E-state index in [0.717, 1.165) is 12.7 Å². The number of aryl methyl sites for hydroxylation is 1. The summed E-state index contributed by atoms with van der Waals surface area (Å²) < 4.78 is 14.8. The van der Waals surface area contributed by atoms with Gasteiger partial charge < -0.3 is 24.6 Å². The monoisotopic (exact) mass is 297 g/mol. The van der Waals surface area contributed by atoms with Crippen molar-refractivity contribution < 1.29 is 28.9 Å². The highest BCUT2D eigenvalue weighted by molar-refractivity contribution is 5.79. The third kappa shape index (κ3) is 5.31. The van der Waals surface area contributed by atoms with Gasteiger partial charge in [0.05, 0.1) is 20.8 Å². The predicted octanol–water partition coefficient (Wildman–Crippen LogP) is 0.0325. The lowest BCUT2D eigenvalue weighted by atomic mass is 10.2. The van der Waals surface area contributed by atoms with Crippen LogP contribution in [0.4, 0.5) is 0 Å². The first-order valence-corrected chi connectivity index (χ1v) is 6.28. The zero-order chi connectivity index (χ0) is 15.8. The second-order valence-electron chi connectivity index (χ2n) is 4.29. The van der Waals surface area contributed by atoms with Gasteiger partial charge in [-0.1, -0.05) is 6.07 Å². The summed E-state index contributed by atoms with van der Waals surface area (Å²) in [6, 6.07) is 5.32. The Morgan fingerprint density at radius 2 is 2.00 bits per heavy atom. The number of benzene rings is 1. The zero-order valence-corrected chi connectivity index (χ0v) is 12.2. The molecule has 2 N–H and O–H groups in total. The first-order chi connectivity index (χ1) is 9.97. The lowest BCUT2D eigenvalue weighted by Gasteiger charge is -2.12. The molecule has 116 valence electrons. The van der Waals surface area contributed by atoms with Crippen LogP contribution in [0.15, 0.2) is 18.2 Å². The summed E-state index contributed by atoms with van der Waals surface area (Å²) in [4.78, 5) is 22.5. The smallest absolute Gasteiger partial charge is 0.336 e. The molecule has 0 aromatic heterocycles. The minimum Gasteiger partial charge on any atom is -0.493 e. The number of carbonyl (C=O) groups is 2. The van der Waals surface area contributed by atoms with Gasteiger partial charge in [0, 0.05) is 0 Å². The van der Waals surface area contributed by atoms with Crippen molar-refractivity contribution in [3.8, 4) is 11.5 Å². The van der Waals surface area contributed by atoms with Crippen molar-refractivity contribution in [3.63, 3.8) is 0 Å². The van der Waals surface area contributed by atoms with Crippen molar-refractivity contribution in [1.29, 1.82) is 0 Å². The van der Waals surface area contributed by atoms with Crippen LogP contribution in [-0.4, -0.2) is 50.5 Å². The molecule has 1 aromatic carbocycles. The molecule has 0 saturated heterocycles. The molecule has 1 aromatic rings. The van der Waals surface area contributed by atoms with Gasteiger partial charge in [-0.3, -0.25) is 4.79 Å². The number of esters is 1. The van der Waals surface area contributed by atoms with Crippen molar-refractivity contribution in [2.24, 2.45) is 0 Å². The molecule has 7 nitrogen and oxygen atoms in total. The highest BCUT2D eigenvalue weighted by atomic mass is 16.5. The van der Waals surface area contributed by atoms with Crippen LogP contribution in [0.25, 0.3) is 0 Å². The van der Waals surface area contributed by atoms with Crippen molar-refractivity contribution in [2.75, 3.05) is 27.4 Å². The first-order valence-electron chi connectivity index (χ1n) is 6.28. The Morgan fingerprint density at radius 3 is 2.62 bits per heavy atom. The molecule has 0 fully saturated rings. The zero-order valence-electron chi connectivity index (χ0n) is 12.2. The normalized spacial score (nSPS) is 11.4. The van der Waals surface area contributed by atoms with Crippen LogP contribution in [-0.2, 0) is 14.3 Å². The number of aliphatic hydroxyl groups is 1. The summed E-state index contributed by atoms with van der Waals surface area (Å²) in [5, 5.41) is 11.7. The molecule has 7 heteroatoms. The SMILES string of the molecule is COC(=O)C(O)CNC(=O)COc1ccc(C)cc1OC. The summed E-state index contributed by atoms with van der Waals surface area (Å²) >= 11 is 0. The van der Waals surface area contributed by atoms with Gasteiger partial charge in [-0.25, -0.2) is 4.79 Å². The van der Waals surface area contributed by atoms with Gasteiger partial charge >= 0.3 is 5.97 Å². The average Bonchev–Trinajstić information content (AvgIpc) is 2.50. The largest absolute Gasteiger partial charge is 0.493 e. The van der Waals surface area contributed by atoms with E-state index in [4.69, 9.17) is 9.47 Å². The Bertz CT molecular complexity index is 502. The molecule has 0 saturated carbocycles. The van der Waals surface area contributed by atoms with E-state index < -0.39 is 18.0 Å². The number of amides is 1. The molecule has 0 aliphatic heterocycles. The number of nitrogens with one attached hydrogen (secondary N) is 1. The van der Waals surface area contributed by atoms with E-state index in [0.29, 0.717) is 11.5 Å². The molecule has 1 rings (SSSR count). The third-order valence-electron chi connectivity index (χ3n) is 2.64. The van der Waals surface area contributed by atoms with Gasteiger partial charge in [0.15, 0.2) is 24.2 Å². The van der Waals surface area contributed by atoms with Gasteiger partial charge in [0.2, 0.25) is 0 Å². The first kappa shape index (κ1) is 16.8. The molecule has 0 spiro atoms. The summed E-state index contributed by atoms with van der Waals surface area (Å²) in [6.45, 7) is 1.42. The summed E-state index contributed by atoms with van der Waals surface area (Å²) in [5.74, 6) is -0.318. The topological polar surface area (TPSA) is 94.1 Å². The Morgan fingerprint density at radius 1 is 1.29 bits per heavy atom. The van der Waals surface area contributed by atoms with Gasteiger partial charge in [0.1, 0.15) is 0 Å². The molecule has 1 unspecified atom stereocenters. The predicted molar refractivity (Wildman–Crippen MR) is 74.3 cm³/mol. The number of hydrogen-bond donors (Lipinski definition) is 2. The highest BCUT2D eigenvalue weighted by Crippen LogP contribution is 2.27. The Balaban J connectivity index is 2.45. The fourth-order valence-corrected chi connectivity index (χ4v) is 1.52. The molecule has 1 atom stereocenters. The highest BCUT2D eigenvalue weighted by Gasteiger charge is 2.16. The van der Waals surface area contributed by atoms with Crippen molar-refractivity contribution in [3.05, 3.63) is 23.8 Å². The lowest BCUT2D eigenvalue weighted by Crippen LogP contribution is -2.39. The molecular weight excluding hydrogens is 278 g/mol. The van der Waals surface area contributed by atoms with E-state index in [1.165, 1.54) is 7.11 Å². The second kappa shape index (κ2) is 8.11. The summed E-state index contributed by atoms with van der Waals surface area (Å²) in [6.07, 6.45) is -1.40. The summed E-state index contributed by atoms with van der Waals surface area (Å²) in [5.41, 5.74) is 1.00. The van der Waals surface area contributed by atoms with Crippen LogP contribution in [0.1, 0.15) is 5.56 Å². The molecular formula is C14H19NO6. The van der Waals surface area contributed by atoms with Gasteiger partial charge in [-0.2, -0.15) is 0 Å². The Kier molecular flexibility index (Phi) is 6.48. The molecule has 21 heavy (non-hydrogen) atoms. The van der Waals surface area contributed by atoms with Crippen LogP contribution in [0.3, 0.4) is 0 Å². The maximum Gasteiger partial charge on any atom is 0.336 e. The van der Waals surface area contributed by atoms with E-state index in [1.807, 2.05) is 13.0 Å². The van der Waals surface area contributed by atoms with Crippen LogP contribution >= 0.6 is 0 Å². The minimum atomic E-state index is -1.40. The minimum absolute atomic E-state index is 0.236. The van der Waals surface area contributed by atoms with E-state index in [9.17, 15) is 14.7 Å². The molecule has 0 bridgehead atoms. The fourth-order valence-electron chi connectivity index (χ4n) is 1.52. The van der Waals surface area contributed by atoms with Crippen LogP contribution in [0, 0.1) is 6.92 Å². The van der Waals surface area contributed by atoms with Crippen LogP contribution < -0.4 is 14.8 Å². The van der Waals surface area contributed by atoms with E-state index in [-0.39, 0.29) is 13.2 Å². The number of rotatable bonds is 7. The number of ether oxygens (including phenoxy) is 3. The lowest BCUT2D eigenvalue weighted by molar-refractivity contribution is -0.150. The average molecular weight is 297 g/mol. The maximum absolute atomic E-state index is 11.6. The Hall–Kier alpha value is -2.28. The van der Waals surface area contributed by atoms with E-state index >= 15 is 0 Å². The second-order valence-corrected chi connectivity index (χ2v) is 4.29. The number of hydrogen-bond acceptors (Lipinski definition) is 6. The fraction of sp³-hybridized carbons (Fsp3) is 0.429. The molecule has 0 aliphatic carbocycles. The van der Waals surface area contributed by atoms with Gasteiger partial charge in [0.25, 0.3) is 5.91 Å². The standard InChI is InChI=1S/C14H19NO6/c1-9-4-5-11(12(6-9)19-2)21-8-13(17)15-7-10(16)14(18)20-3/h4-6,10,16H,7-8H2,1-3H3,(H,15,17). The van der Waals surface area contributed by atoms with Crippen LogP contribution in [0.5, 0.6) is 11.5 Å². The molecule has 0 heterocycles. The van der Waals surface area contributed by atoms with Gasteiger partial charge in [-0.05, 0) is 24.6 Å².